The van der Waals surface area contributed by atoms with Gasteiger partial charge in [-0.2, -0.15) is 0 Å². The molecule has 0 fully saturated rings. The van der Waals surface area contributed by atoms with Gasteiger partial charge in [-0.3, -0.25) is 4.79 Å². The van der Waals surface area contributed by atoms with Crippen LogP contribution in [0, 0.1) is 3.57 Å². The molecule has 0 atom stereocenters. The van der Waals surface area contributed by atoms with Crippen LogP contribution in [0.1, 0.15) is 21.5 Å². The van der Waals surface area contributed by atoms with Crippen LogP contribution in [0.25, 0.3) is 0 Å². The summed E-state index contributed by atoms with van der Waals surface area (Å²) in [5.41, 5.74) is 3.04. The van der Waals surface area contributed by atoms with E-state index in [0.717, 1.165) is 14.8 Å². The third kappa shape index (κ3) is 2.78. The third-order valence-electron chi connectivity index (χ3n) is 3.45. The Hall–Kier alpha value is -1.89. The summed E-state index contributed by atoms with van der Waals surface area (Å²) < 4.78 is 1.03. The van der Waals surface area contributed by atoms with Crippen molar-refractivity contribution in [2.24, 2.45) is 0 Å². The number of rotatable bonds is 2. The lowest BCUT2D eigenvalue weighted by Gasteiger charge is -2.26. The second kappa shape index (κ2) is 5.48. The molecule has 0 saturated heterocycles. The van der Waals surface area contributed by atoms with E-state index in [2.05, 4.69) is 27.9 Å². The first-order valence-electron chi connectivity index (χ1n) is 6.50. The molecule has 1 N–H and O–H groups in total. The van der Waals surface area contributed by atoms with Crippen molar-refractivity contribution in [1.29, 1.82) is 0 Å². The van der Waals surface area contributed by atoms with Gasteiger partial charge in [0.25, 0.3) is 0 Å². The number of carbonyl (C=O) groups is 2. The molecule has 0 aromatic heterocycles. The topological polar surface area (TPSA) is 49.4 Å². The lowest BCUT2D eigenvalue weighted by Crippen LogP contribution is -2.35. The first kappa shape index (κ1) is 14.1. The second-order valence-electron chi connectivity index (χ2n) is 5.00. The van der Waals surface area contributed by atoms with Gasteiger partial charge in [0.15, 0.2) is 5.78 Å². The molecule has 21 heavy (non-hydrogen) atoms. The van der Waals surface area contributed by atoms with Crippen molar-refractivity contribution in [3.05, 3.63) is 62.7 Å². The van der Waals surface area contributed by atoms with E-state index in [-0.39, 0.29) is 11.8 Å². The minimum absolute atomic E-state index is 0.00382. The first-order chi connectivity index (χ1) is 10.0. The van der Waals surface area contributed by atoms with Crippen LogP contribution >= 0.6 is 22.6 Å². The Morgan fingerprint density at radius 3 is 2.71 bits per heavy atom. The molecule has 106 valence electrons. The number of ketones is 1. The highest BCUT2D eigenvalue weighted by Gasteiger charge is 2.20. The number of fused-ring (bicyclic) bond motifs is 1. The first-order valence-corrected chi connectivity index (χ1v) is 7.58. The van der Waals surface area contributed by atoms with Crippen LogP contribution in [0.15, 0.2) is 42.5 Å². The smallest absolute Gasteiger partial charge is 0.321 e. The van der Waals surface area contributed by atoms with Crippen LogP contribution in [-0.2, 0) is 6.54 Å². The molecule has 0 spiro atoms. The van der Waals surface area contributed by atoms with E-state index in [1.807, 2.05) is 30.3 Å². The quantitative estimate of drug-likeness (QED) is 0.629. The van der Waals surface area contributed by atoms with E-state index in [1.54, 1.807) is 24.1 Å². The standard InChI is InChI=1S/C16H13IN2O2/c1-19-9-12-7-11(5-6-14(12)18-16(19)21)15(20)10-3-2-4-13(17)8-10/h2-8H,9H2,1H3,(H,18,21). The molecule has 4 nitrogen and oxygen atoms in total. The molecule has 1 aliphatic rings. The van der Waals surface area contributed by atoms with E-state index in [9.17, 15) is 9.59 Å². The Morgan fingerprint density at radius 2 is 1.95 bits per heavy atom. The van der Waals surface area contributed by atoms with Crippen molar-refractivity contribution in [1.82, 2.24) is 4.90 Å². The van der Waals surface area contributed by atoms with Crippen molar-refractivity contribution in [3.8, 4) is 0 Å². The lowest BCUT2D eigenvalue weighted by molar-refractivity contribution is 0.103. The summed E-state index contributed by atoms with van der Waals surface area (Å²) in [4.78, 5) is 25.7. The Labute approximate surface area is 136 Å². The maximum atomic E-state index is 12.5. The number of halogens is 1. The summed E-state index contributed by atoms with van der Waals surface area (Å²) in [6.07, 6.45) is 0. The van der Waals surface area contributed by atoms with Gasteiger partial charge in [-0.1, -0.05) is 12.1 Å². The van der Waals surface area contributed by atoms with Gasteiger partial charge in [-0.05, 0) is 58.5 Å². The molecule has 2 amide bonds. The van der Waals surface area contributed by atoms with Gasteiger partial charge in [0.05, 0.1) is 0 Å². The van der Waals surface area contributed by atoms with Crippen LogP contribution < -0.4 is 5.32 Å². The number of nitrogens with zero attached hydrogens (tertiary/aromatic N) is 1. The maximum Gasteiger partial charge on any atom is 0.321 e. The van der Waals surface area contributed by atoms with Crippen molar-refractivity contribution in [2.75, 3.05) is 12.4 Å². The average Bonchev–Trinajstić information content (AvgIpc) is 2.47. The van der Waals surface area contributed by atoms with E-state index < -0.39 is 0 Å². The van der Waals surface area contributed by atoms with Gasteiger partial charge >= 0.3 is 6.03 Å². The molecule has 5 heteroatoms. The van der Waals surface area contributed by atoms with E-state index in [1.165, 1.54) is 0 Å². The van der Waals surface area contributed by atoms with Crippen molar-refractivity contribution < 1.29 is 9.59 Å². The zero-order valence-electron chi connectivity index (χ0n) is 11.4. The molecule has 0 aliphatic carbocycles. The summed E-state index contributed by atoms with van der Waals surface area (Å²) >= 11 is 2.19. The molecular formula is C16H13IN2O2. The number of benzene rings is 2. The molecule has 2 aromatic carbocycles. The SMILES string of the molecule is CN1Cc2cc(C(=O)c3cccc(I)c3)ccc2NC1=O. The fourth-order valence-corrected chi connectivity index (χ4v) is 2.87. The Bertz CT molecular complexity index is 743. The molecule has 3 rings (SSSR count). The molecule has 0 radical (unpaired) electrons. The minimum Gasteiger partial charge on any atom is -0.323 e. The number of hydrogen-bond acceptors (Lipinski definition) is 2. The maximum absolute atomic E-state index is 12.5. The summed E-state index contributed by atoms with van der Waals surface area (Å²) in [5, 5.41) is 2.80. The normalized spacial score (nSPS) is 13.6. The van der Waals surface area contributed by atoms with Crippen LogP contribution in [0.2, 0.25) is 0 Å². The predicted molar refractivity (Wildman–Crippen MR) is 89.5 cm³/mol. The van der Waals surface area contributed by atoms with Gasteiger partial charge in [0, 0.05) is 34.0 Å². The number of urea groups is 1. The van der Waals surface area contributed by atoms with Crippen molar-refractivity contribution in [3.63, 3.8) is 0 Å². The number of nitrogens with one attached hydrogen (secondary N) is 1. The summed E-state index contributed by atoms with van der Waals surface area (Å²) in [7, 11) is 1.73. The van der Waals surface area contributed by atoms with E-state index >= 15 is 0 Å². The molecule has 2 aromatic rings. The fourth-order valence-electron chi connectivity index (χ4n) is 2.32. The number of anilines is 1. The molecule has 0 saturated carbocycles. The van der Waals surface area contributed by atoms with Crippen LogP contribution in [-0.4, -0.2) is 23.8 Å². The highest BCUT2D eigenvalue weighted by Crippen LogP contribution is 2.25. The highest BCUT2D eigenvalue weighted by atomic mass is 127. The summed E-state index contributed by atoms with van der Waals surface area (Å²) in [5.74, 6) is -0.00382. The molecule has 1 aliphatic heterocycles. The summed E-state index contributed by atoms with van der Waals surface area (Å²) in [6, 6.07) is 12.8. The highest BCUT2D eigenvalue weighted by molar-refractivity contribution is 14.1. The average molecular weight is 392 g/mol. The monoisotopic (exact) mass is 392 g/mol. The van der Waals surface area contributed by atoms with E-state index in [0.29, 0.717) is 17.7 Å². The summed E-state index contributed by atoms with van der Waals surface area (Å²) in [6.45, 7) is 0.509. The molecular weight excluding hydrogens is 379 g/mol. The minimum atomic E-state index is -0.126. The van der Waals surface area contributed by atoms with E-state index in [4.69, 9.17) is 0 Å². The Morgan fingerprint density at radius 1 is 1.19 bits per heavy atom. The number of hydrogen-bond donors (Lipinski definition) is 1. The lowest BCUT2D eigenvalue weighted by atomic mass is 9.99. The van der Waals surface area contributed by atoms with Crippen LogP contribution in [0.5, 0.6) is 0 Å². The Kier molecular flexibility index (Phi) is 3.67. The number of carbonyl (C=O) groups excluding carboxylic acids is 2. The van der Waals surface area contributed by atoms with Gasteiger partial charge in [0.1, 0.15) is 0 Å². The Balaban J connectivity index is 1.96. The van der Waals surface area contributed by atoms with Crippen molar-refractivity contribution >= 4 is 40.1 Å². The van der Waals surface area contributed by atoms with Gasteiger partial charge < -0.3 is 10.2 Å². The zero-order chi connectivity index (χ0) is 15.0. The largest absolute Gasteiger partial charge is 0.323 e. The van der Waals surface area contributed by atoms with Crippen molar-refractivity contribution in [2.45, 2.75) is 6.54 Å². The number of amides is 2. The zero-order valence-corrected chi connectivity index (χ0v) is 13.5. The third-order valence-corrected chi connectivity index (χ3v) is 4.12. The van der Waals surface area contributed by atoms with Gasteiger partial charge in [-0.15, -0.1) is 0 Å². The predicted octanol–water partition coefficient (Wildman–Crippen LogP) is 3.50. The fraction of sp³-hybridized carbons (Fsp3) is 0.125. The van der Waals surface area contributed by atoms with Crippen LogP contribution in [0.3, 0.4) is 0 Å². The van der Waals surface area contributed by atoms with Crippen LogP contribution in [0.4, 0.5) is 10.5 Å². The van der Waals surface area contributed by atoms with Gasteiger partial charge in [-0.25, -0.2) is 4.79 Å². The van der Waals surface area contributed by atoms with Gasteiger partial charge in [0.2, 0.25) is 0 Å². The molecule has 0 bridgehead atoms. The molecule has 1 heterocycles. The second-order valence-corrected chi connectivity index (χ2v) is 6.24. The molecule has 0 unspecified atom stereocenters.